The SMILES string of the molecule is CCOc1cc(/C=C2\N=C(c3cccc4ccccc34)OC2=O)ccc1OC(=O)CC. The molecule has 3 aromatic rings. The molecule has 31 heavy (non-hydrogen) atoms. The molecule has 0 saturated carbocycles. The minimum absolute atomic E-state index is 0.184. The van der Waals surface area contributed by atoms with Gasteiger partial charge < -0.3 is 14.2 Å². The van der Waals surface area contributed by atoms with Gasteiger partial charge >= 0.3 is 11.9 Å². The Kier molecular flexibility index (Phi) is 5.80. The van der Waals surface area contributed by atoms with Crippen LogP contribution in [0.5, 0.6) is 11.5 Å². The predicted molar refractivity (Wildman–Crippen MR) is 118 cm³/mol. The van der Waals surface area contributed by atoms with Crippen LogP contribution in [0.1, 0.15) is 31.4 Å². The highest BCUT2D eigenvalue weighted by Crippen LogP contribution is 2.31. The van der Waals surface area contributed by atoms with E-state index in [0.29, 0.717) is 23.7 Å². The van der Waals surface area contributed by atoms with Crippen LogP contribution in [0, 0.1) is 0 Å². The third-order valence-electron chi connectivity index (χ3n) is 4.72. The molecular weight excluding hydrogens is 394 g/mol. The van der Waals surface area contributed by atoms with E-state index < -0.39 is 5.97 Å². The lowest BCUT2D eigenvalue weighted by molar-refractivity contribution is -0.134. The van der Waals surface area contributed by atoms with Crippen molar-refractivity contribution < 1.29 is 23.8 Å². The number of hydrogen-bond donors (Lipinski definition) is 0. The number of fused-ring (bicyclic) bond motifs is 1. The van der Waals surface area contributed by atoms with Crippen LogP contribution in [-0.2, 0) is 14.3 Å². The van der Waals surface area contributed by atoms with Crippen LogP contribution in [0.2, 0.25) is 0 Å². The molecule has 4 rings (SSSR count). The molecule has 0 atom stereocenters. The van der Waals surface area contributed by atoms with E-state index in [2.05, 4.69) is 4.99 Å². The third-order valence-corrected chi connectivity index (χ3v) is 4.72. The molecule has 0 amide bonds. The molecule has 0 bridgehead atoms. The minimum atomic E-state index is -0.526. The van der Waals surface area contributed by atoms with E-state index in [1.165, 1.54) is 0 Å². The zero-order chi connectivity index (χ0) is 21.8. The fourth-order valence-electron chi connectivity index (χ4n) is 3.26. The van der Waals surface area contributed by atoms with Gasteiger partial charge in [-0.1, -0.05) is 49.4 Å². The van der Waals surface area contributed by atoms with E-state index >= 15 is 0 Å². The Balaban J connectivity index is 1.68. The lowest BCUT2D eigenvalue weighted by atomic mass is 10.0. The van der Waals surface area contributed by atoms with Crippen molar-refractivity contribution in [1.29, 1.82) is 0 Å². The summed E-state index contributed by atoms with van der Waals surface area (Å²) >= 11 is 0. The first-order valence-electron chi connectivity index (χ1n) is 10.1. The van der Waals surface area contributed by atoms with E-state index in [4.69, 9.17) is 14.2 Å². The number of carbonyl (C=O) groups is 2. The van der Waals surface area contributed by atoms with Gasteiger partial charge in [-0.2, -0.15) is 0 Å². The summed E-state index contributed by atoms with van der Waals surface area (Å²) < 4.78 is 16.4. The van der Waals surface area contributed by atoms with Crippen molar-refractivity contribution in [2.45, 2.75) is 20.3 Å². The number of hydrogen-bond acceptors (Lipinski definition) is 6. The van der Waals surface area contributed by atoms with Gasteiger partial charge in [0.05, 0.1) is 6.61 Å². The number of esters is 2. The molecule has 0 aromatic heterocycles. The third kappa shape index (κ3) is 4.33. The first kappa shape index (κ1) is 20.3. The predicted octanol–water partition coefficient (Wildman–Crippen LogP) is 4.90. The first-order valence-corrected chi connectivity index (χ1v) is 10.1. The molecule has 1 heterocycles. The second-order valence-corrected chi connectivity index (χ2v) is 6.83. The van der Waals surface area contributed by atoms with Crippen LogP contribution < -0.4 is 9.47 Å². The number of aliphatic imine (C=N–C) groups is 1. The fourth-order valence-corrected chi connectivity index (χ4v) is 3.26. The van der Waals surface area contributed by atoms with Gasteiger partial charge in [0.15, 0.2) is 17.2 Å². The lowest BCUT2D eigenvalue weighted by Crippen LogP contribution is -2.07. The van der Waals surface area contributed by atoms with Crippen LogP contribution in [0.4, 0.5) is 0 Å². The number of ether oxygens (including phenoxy) is 3. The van der Waals surface area contributed by atoms with Gasteiger partial charge in [-0.25, -0.2) is 9.79 Å². The van der Waals surface area contributed by atoms with Crippen molar-refractivity contribution in [3.05, 3.63) is 77.5 Å². The molecule has 0 unspecified atom stereocenters. The Morgan fingerprint density at radius 1 is 1.03 bits per heavy atom. The minimum Gasteiger partial charge on any atom is -0.490 e. The Labute approximate surface area is 179 Å². The van der Waals surface area contributed by atoms with E-state index in [0.717, 1.165) is 16.3 Å². The van der Waals surface area contributed by atoms with Gasteiger partial charge in [-0.15, -0.1) is 0 Å². The molecule has 156 valence electrons. The zero-order valence-corrected chi connectivity index (χ0v) is 17.3. The maximum atomic E-state index is 12.5. The summed E-state index contributed by atoms with van der Waals surface area (Å²) in [6.07, 6.45) is 1.88. The first-order chi connectivity index (χ1) is 15.1. The highest BCUT2D eigenvalue weighted by Gasteiger charge is 2.25. The normalized spacial score (nSPS) is 14.5. The highest BCUT2D eigenvalue weighted by molar-refractivity contribution is 6.17. The molecular formula is C25H21NO5. The molecule has 1 aliphatic rings. The second-order valence-electron chi connectivity index (χ2n) is 6.83. The van der Waals surface area contributed by atoms with Crippen molar-refractivity contribution in [1.82, 2.24) is 0 Å². The molecule has 3 aromatic carbocycles. The number of benzene rings is 3. The number of carbonyl (C=O) groups excluding carboxylic acids is 2. The topological polar surface area (TPSA) is 74.2 Å². The van der Waals surface area contributed by atoms with Crippen LogP contribution in [0.15, 0.2) is 71.4 Å². The Morgan fingerprint density at radius 2 is 1.84 bits per heavy atom. The van der Waals surface area contributed by atoms with E-state index in [1.807, 2.05) is 49.4 Å². The van der Waals surface area contributed by atoms with E-state index in [9.17, 15) is 9.59 Å². The van der Waals surface area contributed by atoms with E-state index in [1.54, 1.807) is 31.2 Å². The van der Waals surface area contributed by atoms with Crippen molar-refractivity contribution in [3.8, 4) is 11.5 Å². The van der Waals surface area contributed by atoms with Gasteiger partial charge in [0.2, 0.25) is 5.90 Å². The van der Waals surface area contributed by atoms with Crippen LogP contribution in [0.3, 0.4) is 0 Å². The Bertz CT molecular complexity index is 1220. The van der Waals surface area contributed by atoms with Crippen molar-refractivity contribution in [2.24, 2.45) is 4.99 Å². The van der Waals surface area contributed by atoms with Crippen LogP contribution in [0.25, 0.3) is 16.8 Å². The number of rotatable bonds is 6. The van der Waals surface area contributed by atoms with Crippen LogP contribution >= 0.6 is 0 Å². The molecule has 6 heteroatoms. The summed E-state index contributed by atoms with van der Waals surface area (Å²) in [4.78, 5) is 28.5. The summed E-state index contributed by atoms with van der Waals surface area (Å²) in [5, 5.41) is 1.99. The monoisotopic (exact) mass is 415 g/mol. The summed E-state index contributed by atoms with van der Waals surface area (Å²) in [6.45, 7) is 3.96. The van der Waals surface area contributed by atoms with E-state index in [-0.39, 0.29) is 24.0 Å². The largest absolute Gasteiger partial charge is 0.490 e. The zero-order valence-electron chi connectivity index (χ0n) is 17.3. The van der Waals surface area contributed by atoms with Gasteiger partial charge in [-0.3, -0.25) is 4.79 Å². The molecule has 0 radical (unpaired) electrons. The summed E-state index contributed by atoms with van der Waals surface area (Å²) in [6, 6.07) is 18.7. The average Bonchev–Trinajstić information content (AvgIpc) is 3.15. The number of nitrogens with zero attached hydrogens (tertiary/aromatic N) is 1. The van der Waals surface area contributed by atoms with Gasteiger partial charge in [0.1, 0.15) is 0 Å². The molecule has 0 fully saturated rings. The summed E-state index contributed by atoms with van der Waals surface area (Å²) in [7, 11) is 0. The van der Waals surface area contributed by atoms with Gasteiger partial charge in [0, 0.05) is 12.0 Å². The maximum Gasteiger partial charge on any atom is 0.363 e. The maximum absolute atomic E-state index is 12.5. The molecule has 0 saturated heterocycles. The molecule has 1 aliphatic heterocycles. The fraction of sp³-hybridized carbons (Fsp3) is 0.160. The van der Waals surface area contributed by atoms with Gasteiger partial charge in [-0.05, 0) is 47.5 Å². The summed E-state index contributed by atoms with van der Waals surface area (Å²) in [5.74, 6) is 0.151. The van der Waals surface area contributed by atoms with Gasteiger partial charge in [0.25, 0.3) is 0 Å². The highest BCUT2D eigenvalue weighted by atomic mass is 16.6. The van der Waals surface area contributed by atoms with Crippen molar-refractivity contribution in [3.63, 3.8) is 0 Å². The van der Waals surface area contributed by atoms with Crippen molar-refractivity contribution >= 4 is 34.7 Å². The molecule has 0 N–H and O–H groups in total. The number of cyclic esters (lactones) is 1. The Hall–Kier alpha value is -3.93. The Morgan fingerprint density at radius 3 is 2.65 bits per heavy atom. The molecule has 0 spiro atoms. The van der Waals surface area contributed by atoms with Crippen molar-refractivity contribution in [2.75, 3.05) is 6.61 Å². The van der Waals surface area contributed by atoms with Crippen LogP contribution in [-0.4, -0.2) is 24.4 Å². The lowest BCUT2D eigenvalue weighted by Gasteiger charge is -2.10. The molecule has 6 nitrogen and oxygen atoms in total. The second kappa shape index (κ2) is 8.83. The summed E-state index contributed by atoms with van der Waals surface area (Å²) in [5.41, 5.74) is 1.62. The quantitative estimate of drug-likeness (QED) is 0.325. The standard InChI is InChI=1S/C25H21NO5/c1-3-23(27)30-21-13-12-16(15-22(21)29-4-2)14-20-25(28)31-24(26-20)19-11-7-9-17-8-5-6-10-18(17)19/h5-15H,3-4H2,1-2H3/b20-14-. The average molecular weight is 415 g/mol. The smallest absolute Gasteiger partial charge is 0.363 e. The molecule has 0 aliphatic carbocycles.